The van der Waals surface area contributed by atoms with Crippen molar-refractivity contribution in [3.8, 4) is 0 Å². The van der Waals surface area contributed by atoms with Crippen molar-refractivity contribution in [2.24, 2.45) is 0 Å². The molecule has 0 aliphatic carbocycles. The third-order valence-electron chi connectivity index (χ3n) is 2.25. The molecule has 0 radical (unpaired) electrons. The van der Waals surface area contributed by atoms with Crippen molar-refractivity contribution in [2.75, 3.05) is 6.54 Å². The van der Waals surface area contributed by atoms with Gasteiger partial charge in [-0.05, 0) is 19.4 Å². The van der Waals surface area contributed by atoms with Gasteiger partial charge in [-0.2, -0.15) is 0 Å². The number of amides is 2. The van der Waals surface area contributed by atoms with Crippen LogP contribution in [0.4, 0.5) is 0 Å². The molecule has 0 spiro atoms. The lowest BCUT2D eigenvalue weighted by Crippen LogP contribution is -2.63. The predicted octanol–water partition coefficient (Wildman–Crippen LogP) is -0.288. The molecule has 0 saturated carbocycles. The molecule has 1 aliphatic rings. The zero-order valence-electron chi connectivity index (χ0n) is 9.40. The molecule has 0 aromatic rings. The summed E-state index contributed by atoms with van der Waals surface area (Å²) in [4.78, 5) is 34.4. The molecule has 1 rings (SSSR count). The maximum atomic E-state index is 11.6. The highest BCUT2D eigenvalue weighted by atomic mass is 16.4. The van der Waals surface area contributed by atoms with Crippen LogP contribution in [-0.2, 0) is 14.4 Å². The number of hydrogen-bond acceptors (Lipinski definition) is 3. The van der Waals surface area contributed by atoms with Crippen LogP contribution >= 0.6 is 0 Å². The smallest absolute Gasteiger partial charge is 0.352 e. The van der Waals surface area contributed by atoms with Gasteiger partial charge in [0.1, 0.15) is 11.7 Å². The van der Waals surface area contributed by atoms with Gasteiger partial charge in [0.25, 0.3) is 5.91 Å². The van der Waals surface area contributed by atoms with Crippen LogP contribution in [0, 0.1) is 0 Å². The van der Waals surface area contributed by atoms with Crippen LogP contribution < -0.4 is 5.32 Å². The van der Waals surface area contributed by atoms with Gasteiger partial charge in [0.2, 0.25) is 5.91 Å². The van der Waals surface area contributed by atoms with E-state index in [1.165, 1.54) is 6.92 Å². The Morgan fingerprint density at radius 3 is 2.25 bits per heavy atom. The first-order valence-electron chi connectivity index (χ1n) is 4.84. The fourth-order valence-corrected chi connectivity index (χ4v) is 1.58. The number of hydrogen-bond donors (Lipinski definition) is 2. The van der Waals surface area contributed by atoms with Gasteiger partial charge in [-0.1, -0.05) is 0 Å². The molecule has 1 saturated heterocycles. The number of carbonyl (C=O) groups is 3. The minimum absolute atomic E-state index is 0.00778. The Bertz CT molecular complexity index is 382. The van der Waals surface area contributed by atoms with Crippen LogP contribution in [0.2, 0.25) is 0 Å². The Morgan fingerprint density at radius 2 is 1.94 bits per heavy atom. The second kappa shape index (κ2) is 4.34. The van der Waals surface area contributed by atoms with Crippen LogP contribution in [0.3, 0.4) is 0 Å². The number of carboxylic acid groups (broad SMARTS) is 1. The van der Waals surface area contributed by atoms with Gasteiger partial charge >= 0.3 is 5.97 Å². The minimum Gasteiger partial charge on any atom is -0.477 e. The van der Waals surface area contributed by atoms with Gasteiger partial charge in [-0.3, -0.25) is 9.59 Å². The third kappa shape index (κ3) is 2.21. The van der Waals surface area contributed by atoms with Gasteiger partial charge < -0.3 is 15.3 Å². The predicted molar refractivity (Wildman–Crippen MR) is 55.3 cm³/mol. The van der Waals surface area contributed by atoms with Gasteiger partial charge in [-0.25, -0.2) is 4.79 Å². The van der Waals surface area contributed by atoms with Crippen molar-refractivity contribution in [3.05, 3.63) is 11.3 Å². The van der Waals surface area contributed by atoms with Crippen LogP contribution in [-0.4, -0.2) is 40.4 Å². The maximum absolute atomic E-state index is 11.6. The summed E-state index contributed by atoms with van der Waals surface area (Å²) in [5, 5.41) is 11.4. The van der Waals surface area contributed by atoms with E-state index in [4.69, 9.17) is 5.11 Å². The van der Waals surface area contributed by atoms with E-state index in [0.29, 0.717) is 5.57 Å². The number of nitrogens with zero attached hydrogens (tertiary/aromatic N) is 1. The lowest BCUT2D eigenvalue weighted by atomic mass is 10.0. The van der Waals surface area contributed by atoms with Crippen molar-refractivity contribution in [1.82, 2.24) is 10.2 Å². The first kappa shape index (κ1) is 12.2. The molecule has 1 atom stereocenters. The summed E-state index contributed by atoms with van der Waals surface area (Å²) in [6.07, 6.45) is 0. The lowest BCUT2D eigenvalue weighted by Gasteiger charge is -2.38. The van der Waals surface area contributed by atoms with Crippen molar-refractivity contribution in [1.29, 1.82) is 0 Å². The molecule has 2 amide bonds. The van der Waals surface area contributed by atoms with Crippen LogP contribution in [0.5, 0.6) is 0 Å². The van der Waals surface area contributed by atoms with E-state index in [-0.39, 0.29) is 24.1 Å². The molecular weight excluding hydrogens is 212 g/mol. The zero-order chi connectivity index (χ0) is 12.5. The number of carboxylic acids is 1. The van der Waals surface area contributed by atoms with Crippen LogP contribution in [0.25, 0.3) is 0 Å². The molecule has 1 heterocycles. The molecule has 1 aliphatic heterocycles. The topological polar surface area (TPSA) is 86.7 Å². The maximum Gasteiger partial charge on any atom is 0.352 e. The SMILES string of the molecule is CC(=O)NC1CN(C(C(=O)O)=C(C)C)C1=O. The highest BCUT2D eigenvalue weighted by Gasteiger charge is 2.41. The number of allylic oxidation sites excluding steroid dienone is 1. The van der Waals surface area contributed by atoms with E-state index >= 15 is 0 Å². The van der Waals surface area contributed by atoms with Gasteiger partial charge in [0, 0.05) is 6.92 Å². The molecular formula is C10H14N2O4. The molecule has 2 N–H and O–H groups in total. The van der Waals surface area contributed by atoms with E-state index < -0.39 is 12.0 Å². The quantitative estimate of drug-likeness (QED) is 0.511. The molecule has 88 valence electrons. The average Bonchev–Trinajstić information content (AvgIpc) is 2.13. The van der Waals surface area contributed by atoms with Gasteiger partial charge in [0.05, 0.1) is 6.54 Å². The zero-order valence-corrected chi connectivity index (χ0v) is 9.40. The Kier molecular flexibility index (Phi) is 3.31. The number of aliphatic carboxylic acids is 1. The van der Waals surface area contributed by atoms with Gasteiger partial charge in [0.15, 0.2) is 0 Å². The summed E-state index contributed by atoms with van der Waals surface area (Å²) in [6.45, 7) is 4.78. The first-order valence-corrected chi connectivity index (χ1v) is 4.84. The summed E-state index contributed by atoms with van der Waals surface area (Å²) in [5.74, 6) is -1.81. The summed E-state index contributed by atoms with van der Waals surface area (Å²) in [6, 6.07) is -0.591. The van der Waals surface area contributed by atoms with E-state index in [1.54, 1.807) is 13.8 Å². The van der Waals surface area contributed by atoms with E-state index in [2.05, 4.69) is 5.32 Å². The van der Waals surface area contributed by atoms with Crippen molar-refractivity contribution in [2.45, 2.75) is 26.8 Å². The Balaban J connectivity index is 2.75. The van der Waals surface area contributed by atoms with Crippen LogP contribution in [0.1, 0.15) is 20.8 Å². The molecule has 6 heteroatoms. The lowest BCUT2D eigenvalue weighted by molar-refractivity contribution is -0.148. The third-order valence-corrected chi connectivity index (χ3v) is 2.25. The number of β-lactam (4-membered cyclic amide) rings is 1. The largest absolute Gasteiger partial charge is 0.477 e. The number of carbonyl (C=O) groups excluding carboxylic acids is 2. The first-order chi connectivity index (χ1) is 7.34. The monoisotopic (exact) mass is 226 g/mol. The Hall–Kier alpha value is -1.85. The second-order valence-corrected chi connectivity index (χ2v) is 3.86. The summed E-state index contributed by atoms with van der Waals surface area (Å²) in [5.41, 5.74) is 0.550. The van der Waals surface area contributed by atoms with Crippen LogP contribution in [0.15, 0.2) is 11.3 Å². The van der Waals surface area contributed by atoms with E-state index in [1.807, 2.05) is 0 Å². The molecule has 6 nitrogen and oxygen atoms in total. The van der Waals surface area contributed by atoms with Crippen molar-refractivity contribution in [3.63, 3.8) is 0 Å². The highest BCUT2D eigenvalue weighted by Crippen LogP contribution is 2.20. The second-order valence-electron chi connectivity index (χ2n) is 3.86. The minimum atomic E-state index is -1.13. The molecule has 16 heavy (non-hydrogen) atoms. The van der Waals surface area contributed by atoms with E-state index in [9.17, 15) is 14.4 Å². The van der Waals surface area contributed by atoms with Gasteiger partial charge in [-0.15, -0.1) is 0 Å². The van der Waals surface area contributed by atoms with Crippen molar-refractivity contribution >= 4 is 17.8 Å². The molecule has 0 bridgehead atoms. The summed E-state index contributed by atoms with van der Waals surface area (Å²) < 4.78 is 0. The highest BCUT2D eigenvalue weighted by molar-refractivity contribution is 6.00. The molecule has 1 unspecified atom stereocenters. The standard InChI is InChI=1S/C10H14N2O4/c1-5(2)8(10(15)16)12-4-7(9(12)14)11-6(3)13/h7H,4H2,1-3H3,(H,11,13)(H,15,16). The Labute approximate surface area is 92.9 Å². The average molecular weight is 226 g/mol. The molecule has 0 aromatic carbocycles. The fourth-order valence-electron chi connectivity index (χ4n) is 1.58. The normalized spacial score (nSPS) is 18.8. The number of nitrogens with one attached hydrogen (secondary N) is 1. The number of rotatable bonds is 3. The molecule has 0 aromatic heterocycles. The fraction of sp³-hybridized carbons (Fsp3) is 0.500. The van der Waals surface area contributed by atoms with E-state index in [0.717, 1.165) is 4.90 Å². The molecule has 1 fully saturated rings. The Morgan fingerprint density at radius 1 is 1.38 bits per heavy atom. The van der Waals surface area contributed by atoms with Crippen molar-refractivity contribution < 1.29 is 19.5 Å². The summed E-state index contributed by atoms with van der Waals surface area (Å²) in [7, 11) is 0. The number of likely N-dealkylation sites (tertiary alicyclic amines) is 1. The summed E-state index contributed by atoms with van der Waals surface area (Å²) >= 11 is 0.